The number of aromatic nitrogens is 1. The van der Waals surface area contributed by atoms with Gasteiger partial charge in [-0.1, -0.05) is 0 Å². The van der Waals surface area contributed by atoms with Crippen LogP contribution in [0.2, 0.25) is 0 Å². The molecule has 0 radical (unpaired) electrons. The van der Waals surface area contributed by atoms with E-state index in [2.05, 4.69) is 4.98 Å². The number of halogens is 4. The molecule has 27 heavy (non-hydrogen) atoms. The molecule has 1 fully saturated rings. The van der Waals surface area contributed by atoms with Crippen molar-refractivity contribution in [2.45, 2.75) is 11.8 Å². The van der Waals surface area contributed by atoms with Crippen LogP contribution in [0, 0.1) is 5.82 Å². The second-order valence-electron chi connectivity index (χ2n) is 5.48. The number of carbonyl (C=O) groups is 3. The van der Waals surface area contributed by atoms with Crippen LogP contribution in [-0.4, -0.2) is 34.7 Å². The van der Waals surface area contributed by atoms with E-state index in [0.717, 1.165) is 36.4 Å². The van der Waals surface area contributed by atoms with Gasteiger partial charge in [0.25, 0.3) is 17.5 Å². The minimum absolute atomic E-state index is 0.180. The Hall–Kier alpha value is -3.50. The molecule has 1 aliphatic heterocycles. The number of alkyl halides is 3. The summed E-state index contributed by atoms with van der Waals surface area (Å²) in [5, 5.41) is 3.04. The fourth-order valence-electron chi connectivity index (χ4n) is 2.45. The Balaban J connectivity index is 2.00. The second kappa shape index (κ2) is 6.34. The Morgan fingerprint density at radius 1 is 1.07 bits per heavy atom. The normalized spacial score (nSPS) is 19.8. The Kier molecular flexibility index (Phi) is 4.30. The smallest absolute Gasteiger partial charge is 0.314 e. The van der Waals surface area contributed by atoms with Crippen molar-refractivity contribution in [2.75, 3.05) is 4.90 Å². The average Bonchev–Trinajstić information content (AvgIpc) is 2.87. The number of rotatable bonds is 3. The number of nitrogens with zero attached hydrogens (tertiary/aromatic N) is 2. The highest BCUT2D eigenvalue weighted by Crippen LogP contribution is 2.36. The minimum Gasteiger partial charge on any atom is -0.314 e. The first kappa shape index (κ1) is 18.3. The Labute approximate surface area is 149 Å². The maximum absolute atomic E-state index is 13.7. The summed E-state index contributed by atoms with van der Waals surface area (Å²) >= 11 is 0. The van der Waals surface area contributed by atoms with E-state index >= 15 is 0 Å². The lowest BCUT2D eigenvalue weighted by Gasteiger charge is -2.29. The Morgan fingerprint density at radius 2 is 1.67 bits per heavy atom. The molecule has 4 amide bonds. The molecule has 140 valence electrons. The van der Waals surface area contributed by atoms with Gasteiger partial charge in [-0.2, -0.15) is 13.2 Å². The number of imide groups is 1. The second-order valence-corrected chi connectivity index (χ2v) is 5.48. The lowest BCUT2D eigenvalue weighted by Crippen LogP contribution is -2.69. The fourth-order valence-corrected chi connectivity index (χ4v) is 2.45. The van der Waals surface area contributed by atoms with Crippen molar-refractivity contribution in [3.8, 4) is 0 Å². The summed E-state index contributed by atoms with van der Waals surface area (Å²) in [7, 11) is 0. The van der Waals surface area contributed by atoms with E-state index in [4.69, 9.17) is 0 Å². The summed E-state index contributed by atoms with van der Waals surface area (Å²) in [6.45, 7) is 0. The maximum atomic E-state index is 13.7. The third kappa shape index (κ3) is 3.07. The van der Waals surface area contributed by atoms with Crippen molar-refractivity contribution < 1.29 is 31.9 Å². The summed E-state index contributed by atoms with van der Waals surface area (Å²) in [5.74, 6) is -3.72. The van der Waals surface area contributed by atoms with Crippen LogP contribution in [-0.2, 0) is 4.79 Å². The number of amides is 4. The lowest BCUT2D eigenvalue weighted by atomic mass is 10.1. The van der Waals surface area contributed by atoms with E-state index < -0.39 is 35.5 Å². The van der Waals surface area contributed by atoms with Gasteiger partial charge in [-0.3, -0.25) is 19.9 Å². The monoisotopic (exact) mass is 382 g/mol. The van der Waals surface area contributed by atoms with Gasteiger partial charge in [0.15, 0.2) is 0 Å². The van der Waals surface area contributed by atoms with Crippen LogP contribution < -0.4 is 15.5 Å². The summed E-state index contributed by atoms with van der Waals surface area (Å²) < 4.78 is 54.2. The van der Waals surface area contributed by atoms with Crippen LogP contribution in [0.5, 0.6) is 0 Å². The lowest BCUT2D eigenvalue weighted by molar-refractivity contribution is -0.197. The molecule has 2 N–H and O–H groups in total. The van der Waals surface area contributed by atoms with Gasteiger partial charge in [0.1, 0.15) is 5.82 Å². The number of anilines is 1. The zero-order chi connectivity index (χ0) is 19.8. The highest BCUT2D eigenvalue weighted by Gasteiger charge is 2.69. The van der Waals surface area contributed by atoms with Crippen molar-refractivity contribution in [3.05, 3.63) is 60.2 Å². The molecule has 1 saturated heterocycles. The fraction of sp³-hybridized carbons (Fsp3) is 0.125. The maximum Gasteiger partial charge on any atom is 0.440 e. The number of pyridine rings is 1. The number of carbonyl (C=O) groups excluding carboxylic acids is 3. The molecule has 0 unspecified atom stereocenters. The van der Waals surface area contributed by atoms with Crippen LogP contribution in [0.3, 0.4) is 0 Å². The molecular weight excluding hydrogens is 372 g/mol. The van der Waals surface area contributed by atoms with Crippen molar-refractivity contribution in [2.24, 2.45) is 0 Å². The van der Waals surface area contributed by atoms with Gasteiger partial charge >= 0.3 is 12.2 Å². The zero-order valence-electron chi connectivity index (χ0n) is 13.2. The van der Waals surface area contributed by atoms with Crippen molar-refractivity contribution in [1.29, 1.82) is 0 Å². The quantitative estimate of drug-likeness (QED) is 0.627. The van der Waals surface area contributed by atoms with Crippen LogP contribution in [0.25, 0.3) is 0 Å². The van der Waals surface area contributed by atoms with Crippen LogP contribution >= 0.6 is 0 Å². The van der Waals surface area contributed by atoms with E-state index in [1.807, 2.05) is 0 Å². The molecule has 2 heterocycles. The van der Waals surface area contributed by atoms with Gasteiger partial charge in [-0.15, -0.1) is 0 Å². The molecule has 1 aliphatic rings. The van der Waals surface area contributed by atoms with E-state index in [0.29, 0.717) is 0 Å². The molecule has 11 heteroatoms. The third-order valence-electron chi connectivity index (χ3n) is 3.77. The van der Waals surface area contributed by atoms with Gasteiger partial charge in [-0.05, 0) is 36.4 Å². The highest BCUT2D eigenvalue weighted by molar-refractivity contribution is 6.24. The van der Waals surface area contributed by atoms with E-state index in [-0.39, 0.29) is 16.2 Å². The Bertz CT molecular complexity index is 902. The van der Waals surface area contributed by atoms with Gasteiger partial charge in [0.05, 0.1) is 5.69 Å². The first-order valence-electron chi connectivity index (χ1n) is 7.37. The third-order valence-corrected chi connectivity index (χ3v) is 3.77. The Morgan fingerprint density at radius 3 is 2.22 bits per heavy atom. The molecule has 0 bridgehead atoms. The minimum atomic E-state index is -5.35. The van der Waals surface area contributed by atoms with E-state index in [9.17, 15) is 31.9 Å². The molecule has 0 saturated carbocycles. The van der Waals surface area contributed by atoms with Gasteiger partial charge in [0.2, 0.25) is 0 Å². The molecule has 3 rings (SSSR count). The number of nitrogens with one attached hydrogen (secondary N) is 2. The molecule has 0 spiro atoms. The molecule has 1 aromatic heterocycles. The topological polar surface area (TPSA) is 91.4 Å². The summed E-state index contributed by atoms with van der Waals surface area (Å²) in [6, 6.07) is 4.53. The van der Waals surface area contributed by atoms with Crippen molar-refractivity contribution in [3.63, 3.8) is 0 Å². The van der Waals surface area contributed by atoms with Crippen LogP contribution in [0.15, 0.2) is 48.8 Å². The first-order chi connectivity index (χ1) is 12.7. The van der Waals surface area contributed by atoms with Gasteiger partial charge in [0, 0.05) is 18.0 Å². The predicted octanol–water partition coefficient (Wildman–Crippen LogP) is 1.97. The molecule has 0 aliphatic carbocycles. The molecule has 7 nitrogen and oxygen atoms in total. The standard InChI is InChI=1S/C16H10F4N4O3/c17-10-1-3-11(4-2-10)24-13(26)15(16(18,19)20,23-14(24)27)22-12(25)9-5-7-21-8-6-9/h1-8H,(H,22,25)(H,23,27)/t15-/m1/s1. The van der Waals surface area contributed by atoms with Crippen LogP contribution in [0.1, 0.15) is 10.4 Å². The van der Waals surface area contributed by atoms with Crippen molar-refractivity contribution in [1.82, 2.24) is 15.6 Å². The predicted molar refractivity (Wildman–Crippen MR) is 82.9 cm³/mol. The summed E-state index contributed by atoms with van der Waals surface area (Å²) in [6.07, 6.45) is -3.00. The van der Waals surface area contributed by atoms with E-state index in [1.54, 1.807) is 5.32 Å². The highest BCUT2D eigenvalue weighted by atomic mass is 19.4. The molecule has 2 aromatic rings. The number of benzene rings is 1. The summed E-state index contributed by atoms with van der Waals surface area (Å²) in [4.78, 5) is 40.6. The number of hydrogen-bond donors (Lipinski definition) is 2. The molecule has 1 aromatic carbocycles. The van der Waals surface area contributed by atoms with Gasteiger partial charge < -0.3 is 5.32 Å². The number of hydrogen-bond acceptors (Lipinski definition) is 4. The average molecular weight is 382 g/mol. The van der Waals surface area contributed by atoms with E-state index in [1.165, 1.54) is 17.7 Å². The first-order valence-corrected chi connectivity index (χ1v) is 7.37. The van der Waals surface area contributed by atoms with Crippen molar-refractivity contribution >= 4 is 23.5 Å². The SMILES string of the molecule is O=C(N[C@@]1(C(F)(F)F)NC(=O)N(c2ccc(F)cc2)C1=O)c1ccncc1. The molecule has 1 atom stereocenters. The van der Waals surface area contributed by atoms with Crippen LogP contribution in [0.4, 0.5) is 28.0 Å². The molecular formula is C16H10F4N4O3. The largest absolute Gasteiger partial charge is 0.440 e. The zero-order valence-corrected chi connectivity index (χ0v) is 13.2. The number of urea groups is 1. The van der Waals surface area contributed by atoms with Gasteiger partial charge in [-0.25, -0.2) is 14.1 Å². The summed E-state index contributed by atoms with van der Waals surface area (Å²) in [5.41, 5.74) is -4.15.